The summed E-state index contributed by atoms with van der Waals surface area (Å²) in [6, 6.07) is 0.422. The van der Waals surface area contributed by atoms with Crippen molar-refractivity contribution in [2.45, 2.75) is 76.9 Å². The van der Waals surface area contributed by atoms with Crippen molar-refractivity contribution in [3.05, 3.63) is 0 Å². The lowest BCUT2D eigenvalue weighted by Gasteiger charge is -2.37. The largest absolute Gasteiger partial charge is 0.368 e. The summed E-state index contributed by atoms with van der Waals surface area (Å²) in [7, 11) is 0. The molecule has 2 heterocycles. The minimum absolute atomic E-state index is 0.160. The molecule has 0 spiro atoms. The number of unbranched alkanes of at least 4 members (excludes halogenated alkanes) is 1. The van der Waals surface area contributed by atoms with Crippen molar-refractivity contribution in [1.29, 1.82) is 0 Å². The second-order valence-electron chi connectivity index (χ2n) is 6.43. The first-order valence-electron chi connectivity index (χ1n) is 8.38. The third-order valence-corrected chi connectivity index (χ3v) is 5.05. The highest BCUT2D eigenvalue weighted by Crippen LogP contribution is 2.32. The van der Waals surface area contributed by atoms with Crippen molar-refractivity contribution in [2.75, 3.05) is 13.1 Å². The maximum Gasteiger partial charge on any atom is 0.234 e. The summed E-state index contributed by atoms with van der Waals surface area (Å²) >= 11 is 0. The lowest BCUT2D eigenvalue weighted by Crippen LogP contribution is -2.54. The van der Waals surface area contributed by atoms with Gasteiger partial charge in [-0.25, -0.2) is 0 Å². The van der Waals surface area contributed by atoms with E-state index < -0.39 is 0 Å². The van der Waals surface area contributed by atoms with Crippen molar-refractivity contribution in [2.24, 2.45) is 5.73 Å². The first-order chi connectivity index (χ1) is 10.1. The maximum atomic E-state index is 11.9. The van der Waals surface area contributed by atoms with Crippen molar-refractivity contribution >= 4 is 11.8 Å². The summed E-state index contributed by atoms with van der Waals surface area (Å²) in [6.07, 6.45) is 7.25. The van der Waals surface area contributed by atoms with Gasteiger partial charge in [-0.2, -0.15) is 0 Å². The molecule has 0 aromatic carbocycles. The van der Waals surface area contributed by atoms with Gasteiger partial charge in [-0.1, -0.05) is 19.8 Å². The molecule has 120 valence electrons. The fourth-order valence-corrected chi connectivity index (χ4v) is 4.07. The van der Waals surface area contributed by atoms with E-state index in [9.17, 15) is 9.59 Å². The zero-order chi connectivity index (χ0) is 15.4. The summed E-state index contributed by atoms with van der Waals surface area (Å²) in [5, 5.41) is 0. The van der Waals surface area contributed by atoms with Gasteiger partial charge in [-0.3, -0.25) is 14.5 Å². The molecule has 2 rings (SSSR count). The first-order valence-corrected chi connectivity index (χ1v) is 8.38. The Morgan fingerprint density at radius 2 is 1.86 bits per heavy atom. The van der Waals surface area contributed by atoms with E-state index in [0.29, 0.717) is 6.04 Å². The van der Waals surface area contributed by atoms with E-state index in [-0.39, 0.29) is 23.9 Å². The average Bonchev–Trinajstić information content (AvgIpc) is 3.06. The zero-order valence-electron chi connectivity index (χ0n) is 13.4. The monoisotopic (exact) mass is 295 g/mol. The standard InChI is InChI=1S/C16H29N3O2/c1-3-4-7-15(16(17)21)19-11-6-9-14(19)13-8-5-10-18(13)12(2)20/h13-15H,3-11H2,1-2H3,(H2,17,21)/t13-,14+,15-/m1/s1. The molecule has 5 heteroatoms. The molecule has 0 radical (unpaired) electrons. The summed E-state index contributed by atoms with van der Waals surface area (Å²) in [6.45, 7) is 5.58. The third kappa shape index (κ3) is 3.57. The van der Waals surface area contributed by atoms with Crippen molar-refractivity contribution in [1.82, 2.24) is 9.80 Å². The second kappa shape index (κ2) is 7.25. The summed E-state index contributed by atoms with van der Waals surface area (Å²) in [4.78, 5) is 28.0. The SMILES string of the molecule is CCCC[C@H](C(N)=O)N1CCC[C@H]1[C@H]1CCCN1C(C)=O. The number of hydrogen-bond donors (Lipinski definition) is 1. The molecule has 0 bridgehead atoms. The maximum absolute atomic E-state index is 11.9. The lowest BCUT2D eigenvalue weighted by atomic mass is 10.00. The van der Waals surface area contributed by atoms with Crippen LogP contribution in [-0.4, -0.2) is 52.8 Å². The van der Waals surface area contributed by atoms with Gasteiger partial charge in [0.15, 0.2) is 0 Å². The van der Waals surface area contributed by atoms with Gasteiger partial charge in [0.05, 0.1) is 6.04 Å². The molecule has 0 aliphatic carbocycles. The van der Waals surface area contributed by atoms with Crippen LogP contribution in [0, 0.1) is 0 Å². The van der Waals surface area contributed by atoms with Crippen LogP contribution in [0.15, 0.2) is 0 Å². The van der Waals surface area contributed by atoms with E-state index in [1.807, 2.05) is 4.90 Å². The Kier molecular flexibility index (Phi) is 5.62. The molecule has 21 heavy (non-hydrogen) atoms. The molecule has 0 aromatic heterocycles. The van der Waals surface area contributed by atoms with Gasteiger partial charge in [-0.05, 0) is 38.6 Å². The molecule has 0 aromatic rings. The third-order valence-electron chi connectivity index (χ3n) is 5.05. The molecule has 2 amide bonds. The van der Waals surface area contributed by atoms with Gasteiger partial charge in [0.1, 0.15) is 0 Å². The highest BCUT2D eigenvalue weighted by Gasteiger charge is 2.42. The summed E-state index contributed by atoms with van der Waals surface area (Å²) in [5.41, 5.74) is 5.65. The normalized spacial score (nSPS) is 28.0. The van der Waals surface area contributed by atoms with Crippen LogP contribution in [0.3, 0.4) is 0 Å². The molecule has 2 fully saturated rings. The Morgan fingerprint density at radius 3 is 2.48 bits per heavy atom. The highest BCUT2D eigenvalue weighted by molar-refractivity contribution is 5.80. The molecule has 2 saturated heterocycles. The van der Waals surface area contributed by atoms with E-state index >= 15 is 0 Å². The van der Waals surface area contributed by atoms with Gasteiger partial charge in [0.25, 0.3) is 0 Å². The molecule has 3 atom stereocenters. The second-order valence-corrected chi connectivity index (χ2v) is 6.43. The Bertz CT molecular complexity index is 386. The molecular formula is C16H29N3O2. The number of primary amides is 1. The van der Waals surface area contributed by atoms with Gasteiger partial charge >= 0.3 is 0 Å². The molecule has 0 unspecified atom stereocenters. The molecule has 0 saturated carbocycles. The van der Waals surface area contributed by atoms with Crippen LogP contribution in [0.25, 0.3) is 0 Å². The van der Waals surface area contributed by atoms with Gasteiger partial charge in [0.2, 0.25) is 11.8 Å². The van der Waals surface area contributed by atoms with Crippen LogP contribution in [0.4, 0.5) is 0 Å². The van der Waals surface area contributed by atoms with Crippen LogP contribution < -0.4 is 5.73 Å². The number of nitrogens with zero attached hydrogens (tertiary/aromatic N) is 2. The highest BCUT2D eigenvalue weighted by atomic mass is 16.2. The lowest BCUT2D eigenvalue weighted by molar-refractivity contribution is -0.131. The summed E-state index contributed by atoms with van der Waals surface area (Å²) in [5.74, 6) is -0.0451. The summed E-state index contributed by atoms with van der Waals surface area (Å²) < 4.78 is 0. The number of nitrogens with two attached hydrogens (primary N) is 1. The zero-order valence-corrected chi connectivity index (χ0v) is 13.4. The Labute approximate surface area is 127 Å². The Morgan fingerprint density at radius 1 is 1.19 bits per heavy atom. The molecule has 2 aliphatic rings. The van der Waals surface area contributed by atoms with Crippen LogP contribution in [-0.2, 0) is 9.59 Å². The first kappa shape index (κ1) is 16.3. The predicted molar refractivity (Wildman–Crippen MR) is 82.6 cm³/mol. The van der Waals surface area contributed by atoms with Crippen molar-refractivity contribution in [3.8, 4) is 0 Å². The number of amides is 2. The number of hydrogen-bond acceptors (Lipinski definition) is 3. The number of carbonyl (C=O) groups excluding carboxylic acids is 2. The molecule has 2 aliphatic heterocycles. The minimum Gasteiger partial charge on any atom is -0.368 e. The Balaban J connectivity index is 2.11. The van der Waals surface area contributed by atoms with Gasteiger partial charge in [-0.15, -0.1) is 0 Å². The van der Waals surface area contributed by atoms with E-state index in [1.54, 1.807) is 6.92 Å². The van der Waals surface area contributed by atoms with Crippen LogP contribution in [0.1, 0.15) is 58.8 Å². The number of carbonyl (C=O) groups is 2. The van der Waals surface area contributed by atoms with E-state index in [2.05, 4.69) is 11.8 Å². The number of likely N-dealkylation sites (tertiary alicyclic amines) is 2. The van der Waals surface area contributed by atoms with Crippen LogP contribution in [0.5, 0.6) is 0 Å². The van der Waals surface area contributed by atoms with Crippen LogP contribution in [0.2, 0.25) is 0 Å². The number of rotatable bonds is 6. The van der Waals surface area contributed by atoms with E-state index in [4.69, 9.17) is 5.73 Å². The predicted octanol–water partition coefficient (Wildman–Crippen LogP) is 1.51. The van der Waals surface area contributed by atoms with Gasteiger partial charge < -0.3 is 10.6 Å². The quantitative estimate of drug-likeness (QED) is 0.807. The molecular weight excluding hydrogens is 266 g/mol. The minimum atomic E-state index is -0.206. The molecule has 5 nitrogen and oxygen atoms in total. The van der Waals surface area contributed by atoms with E-state index in [0.717, 1.165) is 58.0 Å². The van der Waals surface area contributed by atoms with E-state index in [1.165, 1.54) is 0 Å². The van der Waals surface area contributed by atoms with Gasteiger partial charge in [0, 0.05) is 25.6 Å². The van der Waals surface area contributed by atoms with Crippen LogP contribution >= 0.6 is 0 Å². The van der Waals surface area contributed by atoms with Crippen molar-refractivity contribution < 1.29 is 9.59 Å². The Hall–Kier alpha value is -1.10. The topological polar surface area (TPSA) is 66.6 Å². The fraction of sp³-hybridized carbons (Fsp3) is 0.875. The fourth-order valence-electron chi connectivity index (χ4n) is 4.07. The smallest absolute Gasteiger partial charge is 0.234 e. The average molecular weight is 295 g/mol. The van der Waals surface area contributed by atoms with Crippen molar-refractivity contribution in [3.63, 3.8) is 0 Å². The molecule has 2 N–H and O–H groups in total.